The second kappa shape index (κ2) is 6.31. The van der Waals surface area contributed by atoms with Crippen LogP contribution in [0.5, 0.6) is 0 Å². The third-order valence-electron chi connectivity index (χ3n) is 4.25. The average molecular weight is 331 g/mol. The van der Waals surface area contributed by atoms with Crippen molar-refractivity contribution in [2.24, 2.45) is 0 Å². The summed E-state index contributed by atoms with van der Waals surface area (Å²) in [6.07, 6.45) is 2.66. The molecule has 0 radical (unpaired) electrons. The quantitative estimate of drug-likeness (QED) is 0.500. The zero-order chi connectivity index (χ0) is 17.3. The molecule has 8 nitrogen and oxygen atoms in total. The standard InChI is InChI=1S/C16H17N3O5/c1-9-13(15(20)24-12-3-2-4-12)14(18-16(21)17-9)10-5-7-11(8-6-10)19(22)23/h5-8,12,14H,2-4H2,1H3,(H2,17,18,21). The second-order valence-electron chi connectivity index (χ2n) is 5.88. The van der Waals surface area contributed by atoms with Gasteiger partial charge in [-0.05, 0) is 43.9 Å². The molecule has 126 valence electrons. The minimum absolute atomic E-state index is 0.0571. The van der Waals surface area contributed by atoms with Crippen LogP contribution in [0.2, 0.25) is 0 Å². The third-order valence-corrected chi connectivity index (χ3v) is 4.25. The van der Waals surface area contributed by atoms with Gasteiger partial charge < -0.3 is 15.4 Å². The number of amides is 2. The Bertz CT molecular complexity index is 722. The van der Waals surface area contributed by atoms with Crippen molar-refractivity contribution in [2.45, 2.75) is 38.3 Å². The molecule has 2 amide bonds. The van der Waals surface area contributed by atoms with Crippen molar-refractivity contribution >= 4 is 17.7 Å². The number of nitro groups is 1. The number of allylic oxidation sites excluding steroid dienone is 1. The minimum Gasteiger partial charge on any atom is -0.459 e. The summed E-state index contributed by atoms with van der Waals surface area (Å²) in [6.45, 7) is 1.63. The number of nitro benzene ring substituents is 1. The van der Waals surface area contributed by atoms with Crippen LogP contribution in [-0.2, 0) is 9.53 Å². The Hall–Kier alpha value is -2.90. The van der Waals surface area contributed by atoms with Crippen molar-refractivity contribution in [3.8, 4) is 0 Å². The van der Waals surface area contributed by atoms with Gasteiger partial charge in [0.25, 0.3) is 5.69 Å². The van der Waals surface area contributed by atoms with E-state index in [0.29, 0.717) is 16.8 Å². The van der Waals surface area contributed by atoms with E-state index in [-0.39, 0.29) is 11.8 Å². The van der Waals surface area contributed by atoms with Gasteiger partial charge in [-0.1, -0.05) is 0 Å². The number of urea groups is 1. The summed E-state index contributed by atoms with van der Waals surface area (Å²) in [5.74, 6) is -0.479. The van der Waals surface area contributed by atoms with E-state index in [1.54, 1.807) is 6.92 Å². The van der Waals surface area contributed by atoms with Crippen molar-refractivity contribution < 1.29 is 19.2 Å². The molecule has 1 fully saturated rings. The van der Waals surface area contributed by atoms with Crippen LogP contribution < -0.4 is 10.6 Å². The summed E-state index contributed by atoms with van der Waals surface area (Å²) in [7, 11) is 0. The molecule has 2 aliphatic rings. The topological polar surface area (TPSA) is 111 Å². The van der Waals surface area contributed by atoms with Gasteiger partial charge in [0, 0.05) is 17.8 Å². The van der Waals surface area contributed by atoms with E-state index >= 15 is 0 Å². The van der Waals surface area contributed by atoms with Crippen LogP contribution in [0, 0.1) is 10.1 Å². The number of ether oxygens (including phenoxy) is 1. The SMILES string of the molecule is CC1=C(C(=O)OC2CCC2)C(c2ccc([N+](=O)[O-])cc2)NC(=O)N1. The van der Waals surface area contributed by atoms with Gasteiger partial charge in [-0.15, -0.1) is 0 Å². The normalized spacial score (nSPS) is 20.7. The molecule has 1 unspecified atom stereocenters. The van der Waals surface area contributed by atoms with Gasteiger partial charge in [-0.25, -0.2) is 9.59 Å². The van der Waals surface area contributed by atoms with Crippen LogP contribution >= 0.6 is 0 Å². The molecule has 0 spiro atoms. The number of hydrogen-bond acceptors (Lipinski definition) is 5. The van der Waals surface area contributed by atoms with Crippen molar-refractivity contribution in [3.05, 3.63) is 51.2 Å². The van der Waals surface area contributed by atoms with Crippen molar-refractivity contribution in [2.75, 3.05) is 0 Å². The third kappa shape index (κ3) is 3.08. The number of nitrogens with one attached hydrogen (secondary N) is 2. The van der Waals surface area contributed by atoms with Crippen LogP contribution in [-0.4, -0.2) is 23.0 Å². The molecule has 1 aromatic carbocycles. The number of nitrogens with zero attached hydrogens (tertiary/aromatic N) is 1. The highest BCUT2D eigenvalue weighted by Crippen LogP contribution is 2.31. The molecule has 2 N–H and O–H groups in total. The molecule has 0 saturated heterocycles. The lowest BCUT2D eigenvalue weighted by Crippen LogP contribution is -2.45. The average Bonchev–Trinajstić information content (AvgIpc) is 2.50. The maximum Gasteiger partial charge on any atom is 0.338 e. The van der Waals surface area contributed by atoms with Crippen molar-refractivity contribution in [1.82, 2.24) is 10.6 Å². The molecule has 1 atom stereocenters. The number of esters is 1. The maximum atomic E-state index is 12.5. The van der Waals surface area contributed by atoms with Crippen LogP contribution in [0.4, 0.5) is 10.5 Å². The van der Waals surface area contributed by atoms with E-state index in [1.165, 1.54) is 24.3 Å². The Labute approximate surface area is 138 Å². The minimum atomic E-state index is -0.702. The summed E-state index contributed by atoms with van der Waals surface area (Å²) >= 11 is 0. The van der Waals surface area contributed by atoms with E-state index in [4.69, 9.17) is 4.74 Å². The van der Waals surface area contributed by atoms with Gasteiger partial charge in [0.2, 0.25) is 0 Å². The van der Waals surface area contributed by atoms with Gasteiger partial charge >= 0.3 is 12.0 Å². The summed E-state index contributed by atoms with van der Waals surface area (Å²) in [4.78, 5) is 34.5. The predicted molar refractivity (Wildman–Crippen MR) is 83.9 cm³/mol. The number of hydrogen-bond donors (Lipinski definition) is 2. The highest BCUT2D eigenvalue weighted by Gasteiger charge is 2.34. The Morgan fingerprint density at radius 1 is 1.29 bits per heavy atom. The molecule has 1 heterocycles. The number of carbonyl (C=O) groups is 2. The summed E-state index contributed by atoms with van der Waals surface area (Å²) in [6, 6.07) is 4.60. The predicted octanol–water partition coefficient (Wildman–Crippen LogP) is 2.32. The van der Waals surface area contributed by atoms with Gasteiger partial charge in [0.15, 0.2) is 0 Å². The van der Waals surface area contributed by atoms with Crippen LogP contribution in [0.3, 0.4) is 0 Å². The van der Waals surface area contributed by atoms with Crippen LogP contribution in [0.1, 0.15) is 37.8 Å². The number of rotatable bonds is 4. The zero-order valence-electron chi connectivity index (χ0n) is 13.1. The molecule has 24 heavy (non-hydrogen) atoms. The van der Waals surface area contributed by atoms with Crippen LogP contribution in [0.15, 0.2) is 35.5 Å². The molecule has 0 bridgehead atoms. The van der Waals surface area contributed by atoms with Crippen LogP contribution in [0.25, 0.3) is 0 Å². The molecule has 3 rings (SSSR count). The molecule has 1 aliphatic carbocycles. The Kier molecular flexibility index (Phi) is 4.20. The molecule has 1 aromatic rings. The second-order valence-corrected chi connectivity index (χ2v) is 5.88. The molecule has 1 saturated carbocycles. The Morgan fingerprint density at radius 2 is 1.96 bits per heavy atom. The van der Waals surface area contributed by atoms with Gasteiger partial charge in [0.05, 0.1) is 16.5 Å². The first-order valence-corrected chi connectivity index (χ1v) is 7.69. The molecule has 8 heteroatoms. The monoisotopic (exact) mass is 331 g/mol. The summed E-state index contributed by atoms with van der Waals surface area (Å²) in [5.41, 5.74) is 1.26. The van der Waals surface area contributed by atoms with Gasteiger partial charge in [0.1, 0.15) is 6.10 Å². The highest BCUT2D eigenvalue weighted by atomic mass is 16.6. The zero-order valence-corrected chi connectivity index (χ0v) is 13.1. The van der Waals surface area contributed by atoms with Gasteiger partial charge in [-0.2, -0.15) is 0 Å². The lowest BCUT2D eigenvalue weighted by Gasteiger charge is -2.31. The molecular formula is C16H17N3O5. The molecule has 0 aromatic heterocycles. The van der Waals surface area contributed by atoms with E-state index in [2.05, 4.69) is 10.6 Å². The fourth-order valence-corrected chi connectivity index (χ4v) is 2.71. The lowest BCUT2D eigenvalue weighted by molar-refractivity contribution is -0.384. The number of benzene rings is 1. The van der Waals surface area contributed by atoms with E-state index in [1.807, 2.05) is 0 Å². The first-order chi connectivity index (χ1) is 11.5. The lowest BCUT2D eigenvalue weighted by atomic mass is 9.94. The van der Waals surface area contributed by atoms with E-state index in [9.17, 15) is 19.7 Å². The Balaban J connectivity index is 1.90. The van der Waals surface area contributed by atoms with Crippen molar-refractivity contribution in [3.63, 3.8) is 0 Å². The summed E-state index contributed by atoms with van der Waals surface area (Å²) < 4.78 is 5.45. The first kappa shape index (κ1) is 16.0. The first-order valence-electron chi connectivity index (χ1n) is 7.69. The fraction of sp³-hybridized carbons (Fsp3) is 0.375. The molecule has 1 aliphatic heterocycles. The Morgan fingerprint density at radius 3 is 2.50 bits per heavy atom. The smallest absolute Gasteiger partial charge is 0.338 e. The summed E-state index contributed by atoms with van der Waals surface area (Å²) in [5, 5.41) is 16.0. The molecular weight excluding hydrogens is 314 g/mol. The number of non-ortho nitro benzene ring substituents is 1. The van der Waals surface area contributed by atoms with Crippen molar-refractivity contribution in [1.29, 1.82) is 0 Å². The maximum absolute atomic E-state index is 12.5. The fourth-order valence-electron chi connectivity index (χ4n) is 2.71. The largest absolute Gasteiger partial charge is 0.459 e. The van der Waals surface area contributed by atoms with E-state index < -0.39 is 23.0 Å². The highest BCUT2D eigenvalue weighted by molar-refractivity contribution is 5.95. The van der Waals surface area contributed by atoms with Gasteiger partial charge in [-0.3, -0.25) is 10.1 Å². The number of carbonyl (C=O) groups excluding carboxylic acids is 2. The van der Waals surface area contributed by atoms with E-state index in [0.717, 1.165) is 19.3 Å².